The van der Waals surface area contributed by atoms with Crippen molar-refractivity contribution in [1.82, 2.24) is 0 Å². The van der Waals surface area contributed by atoms with Gasteiger partial charge in [-0.15, -0.1) is 0 Å². The number of hydrogen-bond donors (Lipinski definition) is 2. The van der Waals surface area contributed by atoms with E-state index in [0.717, 1.165) is 54.6 Å². The molecule has 168 valence electrons. The molecule has 0 spiro atoms. The molecule has 2 aromatic rings. The molecular formula is C28H34N2O2. The molecular weight excluding hydrogens is 396 g/mol. The van der Waals surface area contributed by atoms with Crippen molar-refractivity contribution in [3.8, 4) is 0 Å². The van der Waals surface area contributed by atoms with Gasteiger partial charge in [0.25, 0.3) is 0 Å². The molecule has 4 heteroatoms. The SMILES string of the molecule is Cc1ccc(NC(=O)C23CC4CC(C2)CC(C(=O)Nc2ccc(C)cc2C)(C4)C3)c(C)c1. The van der Waals surface area contributed by atoms with Gasteiger partial charge in [-0.3, -0.25) is 9.59 Å². The smallest absolute Gasteiger partial charge is 0.230 e. The van der Waals surface area contributed by atoms with Gasteiger partial charge in [0.15, 0.2) is 0 Å². The maximum Gasteiger partial charge on any atom is 0.230 e. The van der Waals surface area contributed by atoms with Crippen molar-refractivity contribution in [3.05, 3.63) is 58.7 Å². The molecule has 4 aliphatic rings. The first-order chi connectivity index (χ1) is 15.2. The van der Waals surface area contributed by atoms with E-state index in [1.807, 2.05) is 38.1 Å². The van der Waals surface area contributed by atoms with E-state index in [-0.39, 0.29) is 11.8 Å². The number of aryl methyl sites for hydroxylation is 4. The highest BCUT2D eigenvalue weighted by Crippen LogP contribution is 2.65. The molecule has 2 aromatic carbocycles. The van der Waals surface area contributed by atoms with Gasteiger partial charge < -0.3 is 10.6 Å². The summed E-state index contributed by atoms with van der Waals surface area (Å²) in [6, 6.07) is 12.3. The van der Waals surface area contributed by atoms with Gasteiger partial charge in [0.1, 0.15) is 0 Å². The van der Waals surface area contributed by atoms with Gasteiger partial charge in [-0.1, -0.05) is 35.4 Å². The number of carbonyl (C=O) groups excluding carboxylic acids is 2. The molecule has 0 aromatic heterocycles. The predicted octanol–water partition coefficient (Wildman–Crippen LogP) is 6.08. The summed E-state index contributed by atoms with van der Waals surface area (Å²) in [7, 11) is 0. The molecule has 0 radical (unpaired) electrons. The second-order valence-electron chi connectivity index (χ2n) is 11.1. The molecule has 4 nitrogen and oxygen atoms in total. The molecule has 0 aliphatic heterocycles. The molecule has 0 unspecified atom stereocenters. The van der Waals surface area contributed by atoms with Crippen LogP contribution in [0.4, 0.5) is 11.4 Å². The minimum absolute atomic E-state index is 0.113. The maximum absolute atomic E-state index is 13.7. The summed E-state index contributed by atoms with van der Waals surface area (Å²) < 4.78 is 0. The highest BCUT2D eigenvalue weighted by molar-refractivity contribution is 6.00. The summed E-state index contributed by atoms with van der Waals surface area (Å²) in [6.07, 6.45) is 5.49. The summed E-state index contributed by atoms with van der Waals surface area (Å²) in [6.45, 7) is 8.22. The van der Waals surface area contributed by atoms with E-state index < -0.39 is 10.8 Å². The van der Waals surface area contributed by atoms with E-state index in [1.54, 1.807) is 0 Å². The third-order valence-corrected chi connectivity index (χ3v) is 8.28. The van der Waals surface area contributed by atoms with Crippen molar-refractivity contribution < 1.29 is 9.59 Å². The molecule has 0 heterocycles. The van der Waals surface area contributed by atoms with E-state index in [9.17, 15) is 9.59 Å². The van der Waals surface area contributed by atoms with E-state index in [0.29, 0.717) is 18.3 Å². The number of carbonyl (C=O) groups is 2. The van der Waals surface area contributed by atoms with E-state index in [2.05, 4.69) is 36.6 Å². The quantitative estimate of drug-likeness (QED) is 0.617. The number of rotatable bonds is 4. The summed E-state index contributed by atoms with van der Waals surface area (Å²) in [5.74, 6) is 1.15. The third-order valence-electron chi connectivity index (χ3n) is 8.28. The summed E-state index contributed by atoms with van der Waals surface area (Å²) in [4.78, 5) is 27.4. The first-order valence-corrected chi connectivity index (χ1v) is 12.0. The zero-order valence-electron chi connectivity index (χ0n) is 19.7. The van der Waals surface area contributed by atoms with Crippen molar-refractivity contribution in [2.45, 2.75) is 66.2 Å². The van der Waals surface area contributed by atoms with Crippen molar-refractivity contribution in [1.29, 1.82) is 0 Å². The Morgan fingerprint density at radius 1 is 0.719 bits per heavy atom. The average molecular weight is 431 g/mol. The van der Waals surface area contributed by atoms with Crippen LogP contribution in [-0.4, -0.2) is 11.8 Å². The molecule has 32 heavy (non-hydrogen) atoms. The fourth-order valence-corrected chi connectivity index (χ4v) is 7.21. The summed E-state index contributed by atoms with van der Waals surface area (Å²) >= 11 is 0. The minimum atomic E-state index is -0.429. The highest BCUT2D eigenvalue weighted by Gasteiger charge is 2.63. The monoisotopic (exact) mass is 430 g/mol. The van der Waals surface area contributed by atoms with Crippen LogP contribution in [0.1, 0.15) is 60.8 Å². The van der Waals surface area contributed by atoms with Gasteiger partial charge in [-0.2, -0.15) is 0 Å². The normalized spacial score (nSPS) is 30.2. The number of amides is 2. The number of anilines is 2. The Hall–Kier alpha value is -2.62. The Morgan fingerprint density at radius 3 is 1.50 bits per heavy atom. The lowest BCUT2D eigenvalue weighted by Crippen LogP contribution is -2.59. The Morgan fingerprint density at radius 2 is 1.12 bits per heavy atom. The summed E-state index contributed by atoms with van der Waals surface area (Å²) in [5.41, 5.74) is 5.49. The lowest BCUT2D eigenvalue weighted by atomic mass is 9.43. The van der Waals surface area contributed by atoms with Crippen LogP contribution in [0.15, 0.2) is 36.4 Å². The lowest BCUT2D eigenvalue weighted by Gasteiger charge is -2.60. The Labute approximate surface area is 191 Å². The van der Waals surface area contributed by atoms with Gasteiger partial charge in [-0.25, -0.2) is 0 Å². The molecule has 2 N–H and O–H groups in total. The molecule has 6 rings (SSSR count). The van der Waals surface area contributed by atoms with Crippen LogP contribution in [0.2, 0.25) is 0 Å². The van der Waals surface area contributed by atoms with Crippen LogP contribution in [0.5, 0.6) is 0 Å². The largest absolute Gasteiger partial charge is 0.325 e. The van der Waals surface area contributed by atoms with Gasteiger partial charge in [0, 0.05) is 11.4 Å². The van der Waals surface area contributed by atoms with Crippen LogP contribution in [0, 0.1) is 50.4 Å². The fraction of sp³-hybridized carbons (Fsp3) is 0.500. The number of hydrogen-bond acceptors (Lipinski definition) is 2. The fourth-order valence-electron chi connectivity index (χ4n) is 7.21. The Balaban J connectivity index is 1.41. The molecule has 4 fully saturated rings. The van der Waals surface area contributed by atoms with Crippen LogP contribution in [-0.2, 0) is 9.59 Å². The second-order valence-corrected chi connectivity index (χ2v) is 11.1. The zero-order chi connectivity index (χ0) is 22.7. The molecule has 0 saturated heterocycles. The van der Waals surface area contributed by atoms with Crippen LogP contribution >= 0.6 is 0 Å². The first-order valence-electron chi connectivity index (χ1n) is 12.0. The van der Waals surface area contributed by atoms with Crippen molar-refractivity contribution in [2.75, 3.05) is 10.6 Å². The third kappa shape index (κ3) is 3.54. The molecule has 4 saturated carbocycles. The number of benzene rings is 2. The van der Waals surface area contributed by atoms with Gasteiger partial charge in [0.2, 0.25) is 11.8 Å². The molecule has 2 amide bonds. The number of nitrogens with one attached hydrogen (secondary N) is 2. The predicted molar refractivity (Wildman–Crippen MR) is 129 cm³/mol. The van der Waals surface area contributed by atoms with E-state index in [1.165, 1.54) is 11.1 Å². The van der Waals surface area contributed by atoms with E-state index >= 15 is 0 Å². The maximum atomic E-state index is 13.7. The summed E-state index contributed by atoms with van der Waals surface area (Å²) in [5, 5.41) is 6.49. The molecule has 4 bridgehead atoms. The zero-order valence-corrected chi connectivity index (χ0v) is 19.7. The topological polar surface area (TPSA) is 58.2 Å². The van der Waals surface area contributed by atoms with Gasteiger partial charge in [-0.05, 0) is 101 Å². The highest BCUT2D eigenvalue weighted by atomic mass is 16.2. The standard InChI is InChI=1S/C28H34N2O2/c1-17-5-7-23(19(3)9-17)29-25(31)27-12-21-11-22(13-27)15-28(14-21,16-27)26(32)30-24-8-6-18(2)10-20(24)4/h5-10,21-22H,11-16H2,1-4H3,(H,29,31)(H,30,32). The van der Waals surface area contributed by atoms with Crippen LogP contribution < -0.4 is 10.6 Å². The molecule has 4 aliphatic carbocycles. The van der Waals surface area contributed by atoms with Crippen LogP contribution in [0.3, 0.4) is 0 Å². The van der Waals surface area contributed by atoms with Crippen LogP contribution in [0.25, 0.3) is 0 Å². The van der Waals surface area contributed by atoms with Crippen molar-refractivity contribution in [2.24, 2.45) is 22.7 Å². The Bertz CT molecular complexity index is 1010. The van der Waals surface area contributed by atoms with E-state index in [4.69, 9.17) is 0 Å². The first kappa shape index (κ1) is 21.2. The lowest BCUT2D eigenvalue weighted by molar-refractivity contribution is -0.161. The Kier molecular flexibility index (Phi) is 4.96. The van der Waals surface area contributed by atoms with Gasteiger partial charge in [0.05, 0.1) is 10.8 Å². The minimum Gasteiger partial charge on any atom is -0.325 e. The molecule has 0 atom stereocenters. The second kappa shape index (κ2) is 7.47. The van der Waals surface area contributed by atoms with Gasteiger partial charge >= 0.3 is 0 Å². The van der Waals surface area contributed by atoms with Crippen molar-refractivity contribution >= 4 is 23.2 Å². The van der Waals surface area contributed by atoms with Crippen molar-refractivity contribution in [3.63, 3.8) is 0 Å². The average Bonchev–Trinajstić information content (AvgIpc) is 2.71.